The molecule has 0 spiro atoms. The van der Waals surface area contributed by atoms with Gasteiger partial charge < -0.3 is 38.8 Å². The van der Waals surface area contributed by atoms with Gasteiger partial charge in [-0.3, -0.25) is 4.52 Å². The number of hydrogen-bond acceptors (Lipinski definition) is 2. The predicted octanol–water partition coefficient (Wildman–Crippen LogP) is -5.38. The molecule has 0 bridgehead atoms. The molecule has 0 aromatic heterocycles. The first kappa shape index (κ1) is 36.8. The SMILES string of the molecule is C[N+](C)(C)CCOP=O.O.O.O.O.[Cl-]. The number of nitrogens with zero attached hydrogens (tertiary/aromatic N) is 1. The molecule has 0 rings (SSSR count). The van der Waals surface area contributed by atoms with E-state index in [4.69, 9.17) is 0 Å². The molecular weight excluding hydrogens is 236 g/mol. The van der Waals surface area contributed by atoms with E-state index in [9.17, 15) is 4.57 Å². The Bertz CT molecular complexity index is 101. The zero-order valence-corrected chi connectivity index (χ0v) is 10.2. The number of quaternary nitrogens is 1. The molecule has 14 heavy (non-hydrogen) atoms. The highest BCUT2D eigenvalue weighted by molar-refractivity contribution is 7.17. The van der Waals surface area contributed by atoms with Crippen LogP contribution in [0.4, 0.5) is 0 Å². The van der Waals surface area contributed by atoms with Gasteiger partial charge in [-0.05, 0) is 0 Å². The highest BCUT2D eigenvalue weighted by Crippen LogP contribution is 1.96. The molecule has 0 atom stereocenters. The fourth-order valence-electron chi connectivity index (χ4n) is 0.352. The van der Waals surface area contributed by atoms with E-state index in [2.05, 4.69) is 25.7 Å². The van der Waals surface area contributed by atoms with Gasteiger partial charge in [-0.15, -0.1) is 0 Å². The van der Waals surface area contributed by atoms with Crippen LogP contribution in [-0.2, 0) is 9.09 Å². The Hall–Kier alpha value is 0.150. The third-order valence-electron chi connectivity index (χ3n) is 0.906. The fourth-order valence-corrected chi connectivity index (χ4v) is 0.508. The Kier molecular flexibility index (Phi) is 49.6. The summed E-state index contributed by atoms with van der Waals surface area (Å²) in [5, 5.41) is 0. The quantitative estimate of drug-likeness (QED) is 0.280. The average molecular weight is 258 g/mol. The Balaban J connectivity index is -0.0000000320. The van der Waals surface area contributed by atoms with Crippen LogP contribution in [0.25, 0.3) is 0 Å². The number of likely N-dealkylation sites (N-methyl/N-ethyl adjacent to an activating group) is 1. The normalized spacial score (nSPS) is 7.93. The molecule has 0 unspecified atom stereocenters. The first-order valence-corrected chi connectivity index (χ1v) is 3.54. The first-order chi connectivity index (χ1) is 4.06. The molecule has 0 amide bonds. The van der Waals surface area contributed by atoms with Gasteiger partial charge >= 0.3 is 8.69 Å². The van der Waals surface area contributed by atoms with E-state index in [-0.39, 0.29) is 43.0 Å². The van der Waals surface area contributed by atoms with Gasteiger partial charge in [0.2, 0.25) is 0 Å². The van der Waals surface area contributed by atoms with E-state index < -0.39 is 0 Å². The fraction of sp³-hybridized carbons (Fsp3) is 1.00. The molecule has 7 nitrogen and oxygen atoms in total. The van der Waals surface area contributed by atoms with Gasteiger partial charge in [0.25, 0.3) is 0 Å². The van der Waals surface area contributed by atoms with Crippen LogP contribution in [-0.4, -0.2) is 60.7 Å². The van der Waals surface area contributed by atoms with Crippen molar-refractivity contribution in [1.29, 1.82) is 0 Å². The van der Waals surface area contributed by atoms with E-state index in [1.165, 1.54) is 0 Å². The van der Waals surface area contributed by atoms with Crippen LogP contribution in [0.15, 0.2) is 0 Å². The minimum Gasteiger partial charge on any atom is -1.00 e. The standard InChI is InChI=1S/C5H13NO2P.ClH.4H2O/c1-6(2,3)4-5-8-9-7;;;;;/h4-5H2,1-3H3;1H;4*1H2/q+1;;;;;/p-1. The molecular formula is C5H21ClNO6P. The van der Waals surface area contributed by atoms with E-state index >= 15 is 0 Å². The monoisotopic (exact) mass is 257 g/mol. The van der Waals surface area contributed by atoms with E-state index in [0.29, 0.717) is 6.61 Å². The van der Waals surface area contributed by atoms with Crippen molar-refractivity contribution in [2.45, 2.75) is 0 Å². The Morgan fingerprint density at radius 3 is 1.64 bits per heavy atom. The van der Waals surface area contributed by atoms with Crippen LogP contribution in [0.2, 0.25) is 0 Å². The highest BCUT2D eigenvalue weighted by Gasteiger charge is 2.04. The lowest BCUT2D eigenvalue weighted by Crippen LogP contribution is -3.00. The van der Waals surface area contributed by atoms with E-state index in [0.717, 1.165) is 11.0 Å². The van der Waals surface area contributed by atoms with Gasteiger partial charge in [-0.25, -0.2) is 4.57 Å². The van der Waals surface area contributed by atoms with Crippen molar-refractivity contribution in [3.8, 4) is 0 Å². The van der Waals surface area contributed by atoms with Crippen LogP contribution in [0.1, 0.15) is 0 Å². The van der Waals surface area contributed by atoms with Gasteiger partial charge in [0, 0.05) is 0 Å². The molecule has 8 N–H and O–H groups in total. The molecule has 0 aliphatic carbocycles. The third kappa shape index (κ3) is 39.9. The summed E-state index contributed by atoms with van der Waals surface area (Å²) in [6.07, 6.45) is 0. The van der Waals surface area contributed by atoms with Gasteiger partial charge in [-0.1, -0.05) is 0 Å². The molecule has 0 aliphatic rings. The Morgan fingerprint density at radius 1 is 1.07 bits per heavy atom. The molecule has 0 saturated carbocycles. The second kappa shape index (κ2) is 18.8. The van der Waals surface area contributed by atoms with Crippen LogP contribution in [0.3, 0.4) is 0 Å². The Labute approximate surface area is 91.6 Å². The van der Waals surface area contributed by atoms with E-state index in [1.807, 2.05) is 0 Å². The lowest BCUT2D eigenvalue weighted by molar-refractivity contribution is -0.870. The molecule has 0 saturated heterocycles. The summed E-state index contributed by atoms with van der Waals surface area (Å²) in [6.45, 7) is 1.43. The van der Waals surface area contributed by atoms with Crippen LogP contribution in [0.5, 0.6) is 0 Å². The second-order valence-electron chi connectivity index (χ2n) is 2.92. The van der Waals surface area contributed by atoms with Crippen LogP contribution >= 0.6 is 8.69 Å². The minimum atomic E-state index is -0.217. The molecule has 0 fully saturated rings. The van der Waals surface area contributed by atoms with Crippen molar-refractivity contribution in [1.82, 2.24) is 0 Å². The van der Waals surface area contributed by atoms with Gasteiger partial charge in [0.15, 0.2) is 0 Å². The van der Waals surface area contributed by atoms with Gasteiger partial charge in [0.05, 0.1) is 21.1 Å². The van der Waals surface area contributed by atoms with Gasteiger partial charge in [-0.2, -0.15) is 0 Å². The molecule has 9 heteroatoms. The summed E-state index contributed by atoms with van der Waals surface area (Å²) < 4.78 is 15.2. The summed E-state index contributed by atoms with van der Waals surface area (Å²) in [4.78, 5) is 0. The number of rotatable bonds is 4. The smallest absolute Gasteiger partial charge is 0.327 e. The second-order valence-corrected chi connectivity index (χ2v) is 3.33. The molecule has 94 valence electrons. The van der Waals surface area contributed by atoms with Crippen molar-refractivity contribution in [2.75, 3.05) is 34.3 Å². The Morgan fingerprint density at radius 2 is 1.43 bits per heavy atom. The maximum absolute atomic E-state index is 9.76. The average Bonchev–Trinajstić information content (AvgIpc) is 1.63. The lowest BCUT2D eigenvalue weighted by atomic mass is 10.5. The van der Waals surface area contributed by atoms with Crippen molar-refractivity contribution in [2.24, 2.45) is 0 Å². The maximum Gasteiger partial charge on any atom is 0.327 e. The highest BCUT2D eigenvalue weighted by atomic mass is 35.5. The number of hydrogen-bond donors (Lipinski definition) is 0. The first-order valence-electron chi connectivity index (χ1n) is 2.81. The number of halogens is 1. The maximum atomic E-state index is 9.76. The van der Waals surface area contributed by atoms with E-state index in [1.54, 1.807) is 0 Å². The summed E-state index contributed by atoms with van der Waals surface area (Å²) >= 11 is 0. The van der Waals surface area contributed by atoms with Crippen LogP contribution < -0.4 is 12.4 Å². The summed E-state index contributed by atoms with van der Waals surface area (Å²) in [5.41, 5.74) is 0. The molecule has 0 aliphatic heterocycles. The molecule has 0 aromatic rings. The van der Waals surface area contributed by atoms with Crippen molar-refractivity contribution >= 4 is 8.69 Å². The molecule has 0 aromatic carbocycles. The zero-order valence-electron chi connectivity index (χ0n) is 8.50. The third-order valence-corrected chi connectivity index (χ3v) is 1.19. The molecule has 0 radical (unpaired) electrons. The van der Waals surface area contributed by atoms with Crippen molar-refractivity contribution in [3.63, 3.8) is 0 Å². The largest absolute Gasteiger partial charge is 1.00 e. The molecule has 0 heterocycles. The summed E-state index contributed by atoms with van der Waals surface area (Å²) in [5.74, 6) is 0. The predicted molar refractivity (Wildman–Crippen MR) is 50.9 cm³/mol. The van der Waals surface area contributed by atoms with Crippen molar-refractivity contribution in [3.05, 3.63) is 0 Å². The topological polar surface area (TPSA) is 152 Å². The zero-order chi connectivity index (χ0) is 7.33. The minimum absolute atomic E-state index is 0. The lowest BCUT2D eigenvalue weighted by Gasteiger charge is -2.22. The summed E-state index contributed by atoms with van der Waals surface area (Å²) in [7, 11) is 5.96. The summed E-state index contributed by atoms with van der Waals surface area (Å²) in [6, 6.07) is 0. The van der Waals surface area contributed by atoms with Crippen molar-refractivity contribution < 1.29 is 47.9 Å². The van der Waals surface area contributed by atoms with Gasteiger partial charge in [0.1, 0.15) is 13.2 Å². The van der Waals surface area contributed by atoms with Crippen LogP contribution in [0, 0.1) is 0 Å².